The Hall–Kier alpha value is -0.870. The van der Waals surface area contributed by atoms with Crippen LogP contribution in [-0.2, 0) is 10.0 Å². The van der Waals surface area contributed by atoms with E-state index in [9.17, 15) is 8.42 Å². The topological polar surface area (TPSA) is 46.2 Å². The third-order valence-electron chi connectivity index (χ3n) is 3.34. The van der Waals surface area contributed by atoms with E-state index in [2.05, 4.69) is 18.6 Å². The van der Waals surface area contributed by atoms with E-state index in [0.29, 0.717) is 10.8 Å². The van der Waals surface area contributed by atoms with Crippen LogP contribution in [0.2, 0.25) is 0 Å². The van der Waals surface area contributed by atoms with Crippen LogP contribution in [-0.4, -0.2) is 14.5 Å². The molecule has 1 rings (SSSR count). The van der Waals surface area contributed by atoms with Gasteiger partial charge in [-0.25, -0.2) is 13.1 Å². The fourth-order valence-corrected chi connectivity index (χ4v) is 2.95. The van der Waals surface area contributed by atoms with E-state index in [1.165, 1.54) is 5.56 Å². The van der Waals surface area contributed by atoms with Gasteiger partial charge in [-0.2, -0.15) is 0 Å². The number of benzene rings is 1. The van der Waals surface area contributed by atoms with Crippen LogP contribution in [0.15, 0.2) is 29.2 Å². The van der Waals surface area contributed by atoms with Gasteiger partial charge in [-0.1, -0.05) is 32.9 Å². The number of sulfonamides is 1. The van der Waals surface area contributed by atoms with Crippen molar-refractivity contribution < 1.29 is 8.42 Å². The monoisotopic (exact) mass is 269 g/mol. The van der Waals surface area contributed by atoms with E-state index >= 15 is 0 Å². The molecule has 0 saturated carbocycles. The van der Waals surface area contributed by atoms with E-state index in [0.717, 1.165) is 12.8 Å². The van der Waals surface area contributed by atoms with Crippen LogP contribution in [0.5, 0.6) is 0 Å². The lowest BCUT2D eigenvalue weighted by Gasteiger charge is -2.13. The van der Waals surface area contributed by atoms with Gasteiger partial charge in [-0.15, -0.1) is 0 Å². The molecule has 102 valence electrons. The van der Waals surface area contributed by atoms with Crippen molar-refractivity contribution in [1.82, 2.24) is 4.72 Å². The van der Waals surface area contributed by atoms with Crippen molar-refractivity contribution >= 4 is 10.0 Å². The highest BCUT2D eigenvalue weighted by Crippen LogP contribution is 2.20. The van der Waals surface area contributed by atoms with E-state index in [1.54, 1.807) is 12.1 Å². The van der Waals surface area contributed by atoms with Crippen molar-refractivity contribution in [2.24, 2.45) is 0 Å². The van der Waals surface area contributed by atoms with Gasteiger partial charge in [-0.05, 0) is 43.4 Å². The second kappa shape index (κ2) is 6.34. The SMILES string of the molecule is CC[C@@H](C)NS(=O)(=O)c1ccc([C@@H](C)CC)cc1. The van der Waals surface area contributed by atoms with Gasteiger partial charge in [0, 0.05) is 6.04 Å². The molecular formula is C14H23NO2S. The summed E-state index contributed by atoms with van der Waals surface area (Å²) in [6.07, 6.45) is 1.83. The lowest BCUT2D eigenvalue weighted by atomic mass is 9.99. The average Bonchev–Trinajstić information content (AvgIpc) is 2.37. The first-order valence-corrected chi connectivity index (χ1v) is 8.01. The molecule has 0 aliphatic rings. The fraction of sp³-hybridized carbons (Fsp3) is 0.571. The summed E-state index contributed by atoms with van der Waals surface area (Å²) in [6.45, 7) is 8.09. The molecule has 0 aliphatic carbocycles. The maximum Gasteiger partial charge on any atom is 0.240 e. The summed E-state index contributed by atoms with van der Waals surface area (Å²) < 4.78 is 26.7. The summed E-state index contributed by atoms with van der Waals surface area (Å²) in [5.74, 6) is 0.462. The third-order valence-corrected chi connectivity index (χ3v) is 4.95. The van der Waals surface area contributed by atoms with Crippen molar-refractivity contribution in [3.8, 4) is 0 Å². The highest BCUT2D eigenvalue weighted by molar-refractivity contribution is 7.89. The second-order valence-electron chi connectivity index (χ2n) is 4.81. The Labute approximate surface area is 111 Å². The number of nitrogens with one attached hydrogen (secondary N) is 1. The largest absolute Gasteiger partial charge is 0.240 e. The van der Waals surface area contributed by atoms with Crippen LogP contribution in [0.25, 0.3) is 0 Å². The van der Waals surface area contributed by atoms with Crippen LogP contribution in [0.3, 0.4) is 0 Å². The van der Waals surface area contributed by atoms with Crippen molar-refractivity contribution in [3.63, 3.8) is 0 Å². The standard InChI is InChI=1S/C14H23NO2S/c1-5-11(3)13-7-9-14(10-8-13)18(16,17)15-12(4)6-2/h7-12,15H,5-6H2,1-4H3/t11-,12+/m0/s1. The molecule has 3 nitrogen and oxygen atoms in total. The van der Waals surface area contributed by atoms with Gasteiger partial charge in [0.2, 0.25) is 10.0 Å². The van der Waals surface area contributed by atoms with Gasteiger partial charge in [0.05, 0.1) is 4.90 Å². The summed E-state index contributed by atoms with van der Waals surface area (Å²) >= 11 is 0. The molecule has 18 heavy (non-hydrogen) atoms. The second-order valence-corrected chi connectivity index (χ2v) is 6.52. The molecular weight excluding hydrogens is 246 g/mol. The Morgan fingerprint density at radius 1 is 1.06 bits per heavy atom. The first kappa shape index (κ1) is 15.2. The highest BCUT2D eigenvalue weighted by atomic mass is 32.2. The lowest BCUT2D eigenvalue weighted by molar-refractivity contribution is 0.556. The van der Waals surface area contributed by atoms with Crippen molar-refractivity contribution in [1.29, 1.82) is 0 Å². The Bertz CT molecular complexity index is 465. The van der Waals surface area contributed by atoms with E-state index in [-0.39, 0.29) is 6.04 Å². The molecule has 1 N–H and O–H groups in total. The van der Waals surface area contributed by atoms with Gasteiger partial charge in [0.25, 0.3) is 0 Å². The molecule has 2 atom stereocenters. The van der Waals surface area contributed by atoms with E-state index in [1.807, 2.05) is 26.0 Å². The van der Waals surface area contributed by atoms with Crippen molar-refractivity contribution in [2.75, 3.05) is 0 Å². The predicted octanol–water partition coefficient (Wildman–Crippen LogP) is 3.28. The maximum atomic E-state index is 12.0. The molecule has 0 aliphatic heterocycles. The van der Waals surface area contributed by atoms with Gasteiger partial charge in [0.1, 0.15) is 0 Å². The third kappa shape index (κ3) is 3.82. The summed E-state index contributed by atoms with van der Waals surface area (Å²) in [7, 11) is -3.37. The van der Waals surface area contributed by atoms with Gasteiger partial charge in [0.15, 0.2) is 0 Å². The maximum absolute atomic E-state index is 12.0. The van der Waals surface area contributed by atoms with Crippen LogP contribution < -0.4 is 4.72 Å². The minimum absolute atomic E-state index is 0.0377. The van der Waals surface area contributed by atoms with Gasteiger partial charge in [-0.3, -0.25) is 0 Å². The Balaban J connectivity index is 2.91. The predicted molar refractivity (Wildman–Crippen MR) is 75.2 cm³/mol. The summed E-state index contributed by atoms with van der Waals surface area (Å²) in [6, 6.07) is 7.14. The first-order valence-electron chi connectivity index (χ1n) is 6.53. The van der Waals surface area contributed by atoms with Crippen LogP contribution in [0.4, 0.5) is 0 Å². The zero-order valence-electron chi connectivity index (χ0n) is 11.6. The van der Waals surface area contributed by atoms with Crippen LogP contribution >= 0.6 is 0 Å². The molecule has 0 fully saturated rings. The summed E-state index contributed by atoms with van der Waals surface area (Å²) in [5, 5.41) is 0. The zero-order valence-corrected chi connectivity index (χ0v) is 12.4. The van der Waals surface area contributed by atoms with Crippen LogP contribution in [0, 0.1) is 0 Å². The molecule has 0 saturated heterocycles. The molecule has 0 aromatic heterocycles. The average molecular weight is 269 g/mol. The smallest absolute Gasteiger partial charge is 0.208 e. The molecule has 1 aromatic rings. The van der Waals surface area contributed by atoms with Gasteiger partial charge < -0.3 is 0 Å². The van der Waals surface area contributed by atoms with Gasteiger partial charge >= 0.3 is 0 Å². The zero-order chi connectivity index (χ0) is 13.8. The van der Waals surface area contributed by atoms with E-state index < -0.39 is 10.0 Å². The molecule has 4 heteroatoms. The molecule has 0 amide bonds. The lowest BCUT2D eigenvalue weighted by Crippen LogP contribution is -2.31. The summed E-state index contributed by atoms with van der Waals surface area (Å²) in [5.41, 5.74) is 1.18. The Morgan fingerprint density at radius 3 is 2.06 bits per heavy atom. The van der Waals surface area contributed by atoms with Crippen molar-refractivity contribution in [3.05, 3.63) is 29.8 Å². The highest BCUT2D eigenvalue weighted by Gasteiger charge is 2.16. The quantitative estimate of drug-likeness (QED) is 0.861. The number of rotatable bonds is 6. The first-order chi connectivity index (χ1) is 8.40. The Kier molecular flexibility index (Phi) is 5.35. The normalized spacial score (nSPS) is 15.3. The number of hydrogen-bond donors (Lipinski definition) is 1. The molecule has 0 unspecified atom stereocenters. The minimum atomic E-state index is -3.37. The van der Waals surface area contributed by atoms with Crippen molar-refractivity contribution in [2.45, 2.75) is 57.4 Å². The molecule has 0 spiro atoms. The van der Waals surface area contributed by atoms with Crippen LogP contribution in [0.1, 0.15) is 52.0 Å². The summed E-state index contributed by atoms with van der Waals surface area (Å²) in [4.78, 5) is 0.342. The fourth-order valence-electron chi connectivity index (χ4n) is 1.63. The number of hydrogen-bond acceptors (Lipinski definition) is 2. The van der Waals surface area contributed by atoms with E-state index in [4.69, 9.17) is 0 Å². The Morgan fingerprint density at radius 2 is 1.61 bits per heavy atom. The molecule has 1 aromatic carbocycles. The minimum Gasteiger partial charge on any atom is -0.208 e. The molecule has 0 heterocycles. The molecule has 0 bridgehead atoms. The molecule has 0 radical (unpaired) electrons.